The van der Waals surface area contributed by atoms with E-state index < -0.39 is 30.1 Å². The number of hydrogen-bond donors (Lipinski definition) is 2. The van der Waals surface area contributed by atoms with Crippen LogP contribution in [0.3, 0.4) is 0 Å². The van der Waals surface area contributed by atoms with Crippen LogP contribution in [-0.2, 0) is 32.0 Å². The summed E-state index contributed by atoms with van der Waals surface area (Å²) in [4.78, 5) is 38.7. The van der Waals surface area contributed by atoms with E-state index in [4.69, 9.17) is 4.74 Å². The maximum Gasteiger partial charge on any atom is 0.326 e. The first-order valence-corrected chi connectivity index (χ1v) is 11.5. The number of aryl methyl sites for hydroxylation is 1. The Labute approximate surface area is 194 Å². The lowest BCUT2D eigenvalue weighted by Crippen LogP contribution is -2.53. The number of carbonyl (C=O) groups excluding carboxylic acids is 2. The molecule has 1 saturated heterocycles. The Kier molecular flexibility index (Phi) is 9.01. The van der Waals surface area contributed by atoms with Crippen molar-refractivity contribution in [3.63, 3.8) is 0 Å². The summed E-state index contributed by atoms with van der Waals surface area (Å²) in [5, 5.41) is 12.5. The second-order valence-corrected chi connectivity index (χ2v) is 8.40. The van der Waals surface area contributed by atoms with E-state index in [-0.39, 0.29) is 12.5 Å². The van der Waals surface area contributed by atoms with Crippen molar-refractivity contribution in [3.8, 4) is 0 Å². The van der Waals surface area contributed by atoms with Gasteiger partial charge in [0.1, 0.15) is 12.1 Å². The highest BCUT2D eigenvalue weighted by Gasteiger charge is 2.37. The van der Waals surface area contributed by atoms with E-state index >= 15 is 0 Å². The van der Waals surface area contributed by atoms with Crippen molar-refractivity contribution in [1.29, 1.82) is 0 Å². The minimum absolute atomic E-state index is 0.252. The fourth-order valence-corrected chi connectivity index (χ4v) is 4.15. The molecule has 1 heterocycles. The van der Waals surface area contributed by atoms with E-state index in [1.54, 1.807) is 6.92 Å². The van der Waals surface area contributed by atoms with Gasteiger partial charge in [-0.05, 0) is 43.7 Å². The van der Waals surface area contributed by atoms with Crippen molar-refractivity contribution in [1.82, 2.24) is 10.2 Å². The standard InChI is InChI=1S/C26H32N2O5/c1-19(24(29)28-17-8-13-23(28)25(30)31)27-22(15-14-20-9-4-2-5-10-20)26(32)33-18-16-21-11-6-3-7-12-21/h2-7,9-12,19,22-23,27H,8,13-18H2,1H3,(H,30,31). The summed E-state index contributed by atoms with van der Waals surface area (Å²) < 4.78 is 5.54. The number of nitrogens with zero attached hydrogens (tertiary/aromatic N) is 1. The third-order valence-electron chi connectivity index (χ3n) is 5.97. The predicted molar refractivity (Wildman–Crippen MR) is 125 cm³/mol. The highest BCUT2D eigenvalue weighted by Crippen LogP contribution is 2.19. The molecule has 1 aliphatic heterocycles. The highest BCUT2D eigenvalue weighted by atomic mass is 16.5. The van der Waals surface area contributed by atoms with Crippen molar-refractivity contribution in [2.24, 2.45) is 0 Å². The van der Waals surface area contributed by atoms with Crippen LogP contribution in [0, 0.1) is 0 Å². The quantitative estimate of drug-likeness (QED) is 0.509. The number of carboxylic acid groups (broad SMARTS) is 1. The van der Waals surface area contributed by atoms with Gasteiger partial charge in [0, 0.05) is 13.0 Å². The number of carbonyl (C=O) groups is 3. The normalized spacial score (nSPS) is 17.4. The van der Waals surface area contributed by atoms with Gasteiger partial charge in [0.25, 0.3) is 0 Å². The van der Waals surface area contributed by atoms with Crippen molar-refractivity contribution >= 4 is 17.8 Å². The zero-order chi connectivity index (χ0) is 23.6. The third-order valence-corrected chi connectivity index (χ3v) is 5.97. The van der Waals surface area contributed by atoms with E-state index in [9.17, 15) is 19.5 Å². The van der Waals surface area contributed by atoms with Crippen LogP contribution in [0.15, 0.2) is 60.7 Å². The molecule has 33 heavy (non-hydrogen) atoms. The Bertz CT molecular complexity index is 919. The Morgan fingerprint density at radius 3 is 2.24 bits per heavy atom. The summed E-state index contributed by atoms with van der Waals surface area (Å²) in [7, 11) is 0. The van der Waals surface area contributed by atoms with Crippen LogP contribution < -0.4 is 5.32 Å². The molecule has 2 N–H and O–H groups in total. The molecule has 7 heteroatoms. The lowest BCUT2D eigenvalue weighted by atomic mass is 10.0. The van der Waals surface area contributed by atoms with Crippen LogP contribution in [0.1, 0.15) is 37.3 Å². The lowest BCUT2D eigenvalue weighted by Gasteiger charge is -2.28. The minimum atomic E-state index is -0.992. The average molecular weight is 453 g/mol. The van der Waals surface area contributed by atoms with E-state index in [0.717, 1.165) is 11.1 Å². The number of benzene rings is 2. The van der Waals surface area contributed by atoms with E-state index in [1.807, 2.05) is 60.7 Å². The number of esters is 1. The van der Waals surface area contributed by atoms with Crippen LogP contribution in [0.4, 0.5) is 0 Å². The van der Waals surface area contributed by atoms with E-state index in [1.165, 1.54) is 4.90 Å². The van der Waals surface area contributed by atoms with Gasteiger partial charge in [0.2, 0.25) is 5.91 Å². The molecule has 3 atom stereocenters. The number of likely N-dealkylation sites (tertiary alicyclic amines) is 1. The Morgan fingerprint density at radius 2 is 1.64 bits per heavy atom. The Morgan fingerprint density at radius 1 is 1.03 bits per heavy atom. The highest BCUT2D eigenvalue weighted by molar-refractivity contribution is 5.88. The number of rotatable bonds is 11. The van der Waals surface area contributed by atoms with E-state index in [0.29, 0.717) is 38.6 Å². The fourth-order valence-electron chi connectivity index (χ4n) is 4.15. The molecule has 2 aromatic carbocycles. The van der Waals surface area contributed by atoms with Gasteiger partial charge >= 0.3 is 11.9 Å². The summed E-state index contributed by atoms with van der Waals surface area (Å²) in [6.07, 6.45) is 2.84. The number of amides is 1. The average Bonchev–Trinajstić information content (AvgIpc) is 3.33. The largest absolute Gasteiger partial charge is 0.480 e. The number of hydrogen-bond acceptors (Lipinski definition) is 5. The maximum absolute atomic E-state index is 12.9. The van der Waals surface area contributed by atoms with Gasteiger partial charge in [0.15, 0.2) is 0 Å². The molecule has 0 bridgehead atoms. The molecule has 0 aromatic heterocycles. The maximum atomic E-state index is 12.9. The predicted octanol–water partition coefficient (Wildman–Crippen LogP) is 2.83. The summed E-state index contributed by atoms with van der Waals surface area (Å²) in [5.74, 6) is -1.70. The van der Waals surface area contributed by atoms with Crippen molar-refractivity contribution in [2.45, 2.75) is 57.2 Å². The molecular formula is C26H32N2O5. The second kappa shape index (κ2) is 12.2. The van der Waals surface area contributed by atoms with Gasteiger partial charge in [-0.2, -0.15) is 0 Å². The molecule has 1 fully saturated rings. The van der Waals surface area contributed by atoms with Crippen LogP contribution in [0.5, 0.6) is 0 Å². The molecule has 3 unspecified atom stereocenters. The zero-order valence-corrected chi connectivity index (χ0v) is 19.0. The Hall–Kier alpha value is -3.19. The smallest absolute Gasteiger partial charge is 0.326 e. The van der Waals surface area contributed by atoms with Gasteiger partial charge in [-0.15, -0.1) is 0 Å². The van der Waals surface area contributed by atoms with Gasteiger partial charge < -0.3 is 14.7 Å². The summed E-state index contributed by atoms with van der Waals surface area (Å²) in [6.45, 7) is 2.34. The van der Waals surface area contributed by atoms with Gasteiger partial charge in [0.05, 0.1) is 12.6 Å². The topological polar surface area (TPSA) is 95.9 Å². The first-order valence-electron chi connectivity index (χ1n) is 11.5. The molecule has 3 rings (SSSR count). The van der Waals surface area contributed by atoms with Crippen LogP contribution in [0.2, 0.25) is 0 Å². The van der Waals surface area contributed by atoms with Crippen LogP contribution in [0.25, 0.3) is 0 Å². The van der Waals surface area contributed by atoms with Gasteiger partial charge in [-0.1, -0.05) is 60.7 Å². The van der Waals surface area contributed by atoms with E-state index in [2.05, 4.69) is 5.32 Å². The second-order valence-electron chi connectivity index (χ2n) is 8.40. The first kappa shape index (κ1) is 24.5. The molecule has 0 radical (unpaired) electrons. The first-order chi connectivity index (χ1) is 16.0. The SMILES string of the molecule is CC(NC(CCc1ccccc1)C(=O)OCCc1ccccc1)C(=O)N1CCCC1C(=O)O. The van der Waals surface area contributed by atoms with Gasteiger partial charge in [-0.25, -0.2) is 4.79 Å². The minimum Gasteiger partial charge on any atom is -0.480 e. The van der Waals surface area contributed by atoms with Gasteiger partial charge in [-0.3, -0.25) is 14.9 Å². The van der Waals surface area contributed by atoms with Crippen LogP contribution >= 0.6 is 0 Å². The molecule has 1 aliphatic rings. The third kappa shape index (κ3) is 7.15. The monoisotopic (exact) mass is 452 g/mol. The molecular weight excluding hydrogens is 420 g/mol. The summed E-state index contributed by atoms with van der Waals surface area (Å²) in [6, 6.07) is 17.4. The Balaban J connectivity index is 1.61. The number of nitrogens with one attached hydrogen (secondary N) is 1. The van der Waals surface area contributed by atoms with Crippen molar-refractivity contribution in [2.75, 3.05) is 13.2 Å². The van der Waals surface area contributed by atoms with Crippen molar-refractivity contribution < 1.29 is 24.2 Å². The molecule has 176 valence electrons. The molecule has 1 amide bonds. The number of aliphatic carboxylic acids is 1. The van der Waals surface area contributed by atoms with Crippen LogP contribution in [-0.4, -0.2) is 59.1 Å². The fraction of sp³-hybridized carbons (Fsp3) is 0.423. The molecule has 0 aliphatic carbocycles. The molecule has 2 aromatic rings. The molecule has 7 nitrogen and oxygen atoms in total. The molecule has 0 spiro atoms. The summed E-state index contributed by atoms with van der Waals surface area (Å²) >= 11 is 0. The van der Waals surface area contributed by atoms with Crippen molar-refractivity contribution in [3.05, 3.63) is 71.8 Å². The summed E-state index contributed by atoms with van der Waals surface area (Å²) in [5.41, 5.74) is 2.17. The lowest BCUT2D eigenvalue weighted by molar-refractivity contribution is -0.150. The molecule has 0 saturated carbocycles. The number of ether oxygens (including phenoxy) is 1. The zero-order valence-electron chi connectivity index (χ0n) is 19.0. The number of carboxylic acids is 1.